The zero-order valence-corrected chi connectivity index (χ0v) is 16.2. The van der Waals surface area contributed by atoms with Crippen LogP contribution >= 0.6 is 0 Å². The maximum absolute atomic E-state index is 12.9. The predicted octanol–water partition coefficient (Wildman–Crippen LogP) is 4.27. The number of pyridine rings is 1. The van der Waals surface area contributed by atoms with Gasteiger partial charge in [-0.15, -0.1) is 0 Å². The Balaban J connectivity index is 1.37. The van der Waals surface area contributed by atoms with E-state index < -0.39 is 0 Å². The fourth-order valence-electron chi connectivity index (χ4n) is 3.78. The molecule has 0 spiro atoms. The number of piperazine rings is 1. The van der Waals surface area contributed by atoms with Crippen LogP contribution in [-0.4, -0.2) is 46.9 Å². The smallest absolute Gasteiger partial charge is 0.253 e. The summed E-state index contributed by atoms with van der Waals surface area (Å²) in [5.41, 5.74) is 4.33. The van der Waals surface area contributed by atoms with Gasteiger partial charge < -0.3 is 4.90 Å². The maximum Gasteiger partial charge on any atom is 0.253 e. The van der Waals surface area contributed by atoms with Crippen molar-refractivity contribution < 1.29 is 4.79 Å². The van der Waals surface area contributed by atoms with Gasteiger partial charge in [0.2, 0.25) is 0 Å². The van der Waals surface area contributed by atoms with Gasteiger partial charge in [-0.1, -0.05) is 42.5 Å². The minimum atomic E-state index is 0.121. The number of benzene rings is 2. The number of amides is 1. The number of nitrogens with zero attached hydrogens (tertiary/aromatic N) is 3. The average molecular weight is 371 g/mol. The van der Waals surface area contributed by atoms with Crippen LogP contribution in [0.1, 0.15) is 28.9 Å². The molecule has 4 nitrogen and oxygen atoms in total. The van der Waals surface area contributed by atoms with E-state index in [0.717, 1.165) is 37.3 Å². The van der Waals surface area contributed by atoms with Gasteiger partial charge in [-0.3, -0.25) is 14.7 Å². The molecule has 142 valence electrons. The van der Waals surface area contributed by atoms with E-state index in [9.17, 15) is 4.79 Å². The summed E-state index contributed by atoms with van der Waals surface area (Å²) in [5, 5.41) is 0. The van der Waals surface area contributed by atoms with Crippen LogP contribution in [0.15, 0.2) is 79.1 Å². The molecule has 0 aliphatic carbocycles. The molecule has 0 bridgehead atoms. The second-order valence-corrected chi connectivity index (χ2v) is 7.23. The summed E-state index contributed by atoms with van der Waals surface area (Å²) >= 11 is 0. The van der Waals surface area contributed by atoms with Gasteiger partial charge in [0, 0.05) is 50.2 Å². The molecule has 0 radical (unpaired) electrons. The molecule has 0 saturated carbocycles. The lowest BCUT2D eigenvalue weighted by Gasteiger charge is -2.38. The first-order chi connectivity index (χ1) is 13.7. The van der Waals surface area contributed by atoms with Gasteiger partial charge >= 0.3 is 0 Å². The third kappa shape index (κ3) is 3.97. The molecular weight excluding hydrogens is 346 g/mol. The highest BCUT2D eigenvalue weighted by Crippen LogP contribution is 2.23. The molecule has 2 aromatic carbocycles. The molecule has 2 heterocycles. The Morgan fingerprint density at radius 2 is 1.43 bits per heavy atom. The Morgan fingerprint density at radius 1 is 0.821 bits per heavy atom. The van der Waals surface area contributed by atoms with Crippen LogP contribution in [0.2, 0.25) is 0 Å². The van der Waals surface area contributed by atoms with E-state index in [-0.39, 0.29) is 5.91 Å². The number of hydrogen-bond acceptors (Lipinski definition) is 3. The van der Waals surface area contributed by atoms with Crippen molar-refractivity contribution in [2.75, 3.05) is 26.2 Å². The SMILES string of the molecule is CC(c1ccncc1)N1CCN(C(=O)c2ccc(-c3ccccc3)cc2)CC1. The Bertz CT molecular complexity index is 902. The second kappa shape index (κ2) is 8.36. The lowest BCUT2D eigenvalue weighted by molar-refractivity contribution is 0.0582. The maximum atomic E-state index is 12.9. The van der Waals surface area contributed by atoms with E-state index in [4.69, 9.17) is 0 Å². The van der Waals surface area contributed by atoms with Crippen LogP contribution in [-0.2, 0) is 0 Å². The summed E-state index contributed by atoms with van der Waals surface area (Å²) in [5.74, 6) is 0.121. The van der Waals surface area contributed by atoms with Crippen LogP contribution in [0, 0.1) is 0 Å². The van der Waals surface area contributed by atoms with Crippen LogP contribution in [0.5, 0.6) is 0 Å². The van der Waals surface area contributed by atoms with Crippen molar-refractivity contribution in [3.05, 3.63) is 90.3 Å². The summed E-state index contributed by atoms with van der Waals surface area (Å²) < 4.78 is 0. The second-order valence-electron chi connectivity index (χ2n) is 7.23. The monoisotopic (exact) mass is 371 g/mol. The van der Waals surface area contributed by atoms with Gasteiger partial charge in [0.1, 0.15) is 0 Å². The Hall–Kier alpha value is -2.98. The lowest BCUT2D eigenvalue weighted by Crippen LogP contribution is -2.49. The van der Waals surface area contributed by atoms with Crippen LogP contribution in [0.25, 0.3) is 11.1 Å². The minimum Gasteiger partial charge on any atom is -0.336 e. The van der Waals surface area contributed by atoms with Crippen molar-refractivity contribution >= 4 is 5.91 Å². The zero-order chi connectivity index (χ0) is 19.3. The molecule has 4 rings (SSSR count). The normalized spacial score (nSPS) is 16.0. The number of rotatable bonds is 4. The summed E-state index contributed by atoms with van der Waals surface area (Å²) in [4.78, 5) is 21.4. The standard InChI is InChI=1S/C24H25N3O/c1-19(20-11-13-25-14-12-20)26-15-17-27(18-16-26)24(28)23-9-7-22(8-10-23)21-5-3-2-4-6-21/h2-14,19H,15-18H2,1H3. The van der Waals surface area contributed by atoms with Gasteiger partial charge in [-0.05, 0) is 47.9 Å². The van der Waals surface area contributed by atoms with Gasteiger partial charge in [0.25, 0.3) is 5.91 Å². The number of carbonyl (C=O) groups is 1. The topological polar surface area (TPSA) is 36.4 Å². The van der Waals surface area contributed by atoms with Crippen molar-refractivity contribution in [3.63, 3.8) is 0 Å². The number of carbonyl (C=O) groups excluding carboxylic acids is 1. The summed E-state index contributed by atoms with van der Waals surface area (Å²) in [6.45, 7) is 5.51. The van der Waals surface area contributed by atoms with Crippen molar-refractivity contribution in [1.82, 2.24) is 14.8 Å². The molecule has 1 aliphatic rings. The minimum absolute atomic E-state index is 0.121. The summed E-state index contributed by atoms with van der Waals surface area (Å²) in [6.07, 6.45) is 3.68. The lowest BCUT2D eigenvalue weighted by atomic mass is 10.0. The quantitative estimate of drug-likeness (QED) is 0.687. The van der Waals surface area contributed by atoms with Crippen LogP contribution < -0.4 is 0 Å². The highest BCUT2D eigenvalue weighted by atomic mass is 16.2. The van der Waals surface area contributed by atoms with E-state index in [2.05, 4.69) is 41.1 Å². The Morgan fingerprint density at radius 3 is 2.07 bits per heavy atom. The molecule has 1 amide bonds. The summed E-state index contributed by atoms with van der Waals surface area (Å²) in [6, 6.07) is 22.7. The van der Waals surface area contributed by atoms with E-state index in [1.54, 1.807) is 0 Å². The predicted molar refractivity (Wildman–Crippen MR) is 112 cm³/mol. The van der Waals surface area contributed by atoms with E-state index in [1.807, 2.05) is 59.8 Å². The third-order valence-corrected chi connectivity index (χ3v) is 5.58. The number of hydrogen-bond donors (Lipinski definition) is 0. The van der Waals surface area contributed by atoms with Crippen LogP contribution in [0.4, 0.5) is 0 Å². The Labute approximate surface area is 166 Å². The molecule has 1 aliphatic heterocycles. The molecular formula is C24H25N3O. The first-order valence-corrected chi connectivity index (χ1v) is 9.81. The molecule has 1 aromatic heterocycles. The van der Waals surface area contributed by atoms with E-state index in [0.29, 0.717) is 6.04 Å². The third-order valence-electron chi connectivity index (χ3n) is 5.58. The van der Waals surface area contributed by atoms with E-state index >= 15 is 0 Å². The van der Waals surface area contributed by atoms with Gasteiger partial charge in [0.05, 0.1) is 0 Å². The molecule has 28 heavy (non-hydrogen) atoms. The largest absolute Gasteiger partial charge is 0.336 e. The molecule has 1 fully saturated rings. The fraction of sp³-hybridized carbons (Fsp3) is 0.250. The highest BCUT2D eigenvalue weighted by Gasteiger charge is 2.25. The number of aromatic nitrogens is 1. The van der Waals surface area contributed by atoms with Crippen molar-refractivity contribution in [1.29, 1.82) is 0 Å². The zero-order valence-electron chi connectivity index (χ0n) is 16.2. The molecule has 4 heteroatoms. The molecule has 1 atom stereocenters. The fourth-order valence-corrected chi connectivity index (χ4v) is 3.78. The highest BCUT2D eigenvalue weighted by molar-refractivity contribution is 5.94. The Kier molecular flexibility index (Phi) is 5.49. The first-order valence-electron chi connectivity index (χ1n) is 9.81. The molecule has 3 aromatic rings. The van der Waals surface area contributed by atoms with Crippen molar-refractivity contribution in [3.8, 4) is 11.1 Å². The van der Waals surface area contributed by atoms with E-state index in [1.165, 1.54) is 11.1 Å². The van der Waals surface area contributed by atoms with Gasteiger partial charge in [-0.25, -0.2) is 0 Å². The average Bonchev–Trinajstić information content (AvgIpc) is 2.79. The van der Waals surface area contributed by atoms with Gasteiger partial charge in [0.15, 0.2) is 0 Å². The summed E-state index contributed by atoms with van der Waals surface area (Å²) in [7, 11) is 0. The first kappa shape index (κ1) is 18.4. The van der Waals surface area contributed by atoms with Crippen molar-refractivity contribution in [2.45, 2.75) is 13.0 Å². The van der Waals surface area contributed by atoms with Crippen molar-refractivity contribution in [2.24, 2.45) is 0 Å². The van der Waals surface area contributed by atoms with Gasteiger partial charge in [-0.2, -0.15) is 0 Å². The molecule has 0 N–H and O–H groups in total. The molecule has 1 saturated heterocycles. The van der Waals surface area contributed by atoms with Crippen LogP contribution in [0.3, 0.4) is 0 Å². The molecule has 1 unspecified atom stereocenters.